The normalized spacial score (nSPS) is 11.6. The van der Waals surface area contributed by atoms with Crippen LogP contribution in [0.25, 0.3) is 22.2 Å². The fourth-order valence-corrected chi connectivity index (χ4v) is 3.98. The number of H-pyrrole nitrogens is 1. The first kappa shape index (κ1) is 17.2. The molecule has 2 N–H and O–H groups in total. The second kappa shape index (κ2) is 6.81. The molecule has 27 heavy (non-hydrogen) atoms. The number of aryl methyl sites for hydroxylation is 1. The molecule has 3 heterocycles. The molecule has 0 spiro atoms. The maximum Gasteiger partial charge on any atom is 0.281 e. The minimum absolute atomic E-state index is 0.0855. The van der Waals surface area contributed by atoms with Gasteiger partial charge >= 0.3 is 0 Å². The summed E-state index contributed by atoms with van der Waals surface area (Å²) in [5.74, 6) is 0. The molecule has 0 aliphatic heterocycles. The molecule has 0 aliphatic carbocycles. The van der Waals surface area contributed by atoms with Crippen molar-refractivity contribution in [1.82, 2.24) is 20.2 Å². The van der Waals surface area contributed by atoms with Crippen molar-refractivity contribution in [3.05, 3.63) is 66.6 Å². The zero-order valence-electron chi connectivity index (χ0n) is 14.5. The minimum Gasteiger partial charge on any atom is -0.278 e. The van der Waals surface area contributed by atoms with Crippen molar-refractivity contribution < 1.29 is 8.42 Å². The molecule has 4 rings (SSSR count). The highest BCUT2D eigenvalue weighted by atomic mass is 32.2. The average Bonchev–Trinajstić information content (AvgIpc) is 3.12. The minimum atomic E-state index is -3.87. The molecular formula is C19H17N5O2S. The molecule has 0 saturated carbocycles. The van der Waals surface area contributed by atoms with E-state index in [2.05, 4.69) is 24.9 Å². The maximum absolute atomic E-state index is 12.9. The van der Waals surface area contributed by atoms with Gasteiger partial charge in [0.2, 0.25) is 5.03 Å². The van der Waals surface area contributed by atoms with E-state index in [9.17, 15) is 8.42 Å². The lowest BCUT2D eigenvalue weighted by Crippen LogP contribution is -2.14. The average molecular weight is 379 g/mol. The Hall–Kier alpha value is -3.26. The predicted molar refractivity (Wildman–Crippen MR) is 104 cm³/mol. The summed E-state index contributed by atoms with van der Waals surface area (Å²) >= 11 is 0. The van der Waals surface area contributed by atoms with E-state index >= 15 is 0 Å². The fourth-order valence-electron chi connectivity index (χ4n) is 2.84. The summed E-state index contributed by atoms with van der Waals surface area (Å²) in [5, 5.41) is 7.01. The number of anilines is 1. The van der Waals surface area contributed by atoms with Crippen LogP contribution in [-0.4, -0.2) is 28.6 Å². The molecule has 1 aromatic carbocycles. The van der Waals surface area contributed by atoms with Gasteiger partial charge in [0.15, 0.2) is 5.65 Å². The van der Waals surface area contributed by atoms with Crippen LogP contribution in [-0.2, 0) is 16.4 Å². The number of pyridine rings is 2. The van der Waals surface area contributed by atoms with Gasteiger partial charge in [0.05, 0.1) is 5.39 Å². The summed E-state index contributed by atoms with van der Waals surface area (Å²) in [6.45, 7) is 2.01. The number of benzene rings is 1. The van der Waals surface area contributed by atoms with Crippen molar-refractivity contribution in [3.63, 3.8) is 0 Å². The number of aromatic nitrogens is 4. The van der Waals surface area contributed by atoms with E-state index in [-0.39, 0.29) is 5.03 Å². The SMILES string of the molecule is CCc1cccc(NS(=O)(=O)c2n[nH]c3ncc(-c4cccnc4)cc23)c1. The van der Waals surface area contributed by atoms with E-state index in [0.29, 0.717) is 16.7 Å². The lowest BCUT2D eigenvalue weighted by Gasteiger charge is -2.08. The first-order valence-corrected chi connectivity index (χ1v) is 9.91. The highest BCUT2D eigenvalue weighted by Gasteiger charge is 2.22. The molecule has 136 valence electrons. The number of hydrogen-bond acceptors (Lipinski definition) is 5. The Bertz CT molecular complexity index is 1200. The van der Waals surface area contributed by atoms with E-state index in [1.165, 1.54) is 0 Å². The summed E-state index contributed by atoms with van der Waals surface area (Å²) in [6, 6.07) is 12.7. The first-order valence-electron chi connectivity index (χ1n) is 8.43. The van der Waals surface area contributed by atoms with Gasteiger partial charge in [0.25, 0.3) is 10.0 Å². The van der Waals surface area contributed by atoms with Gasteiger partial charge in [0.1, 0.15) is 0 Å². The van der Waals surface area contributed by atoms with Gasteiger partial charge < -0.3 is 0 Å². The summed E-state index contributed by atoms with van der Waals surface area (Å²) in [7, 11) is -3.87. The number of fused-ring (bicyclic) bond motifs is 1. The van der Waals surface area contributed by atoms with E-state index in [1.54, 1.807) is 30.7 Å². The van der Waals surface area contributed by atoms with Crippen LogP contribution >= 0.6 is 0 Å². The topological polar surface area (TPSA) is 101 Å². The predicted octanol–water partition coefficient (Wildman–Crippen LogP) is 3.38. The van der Waals surface area contributed by atoms with Crippen LogP contribution in [0.4, 0.5) is 5.69 Å². The Labute approximate surface area is 156 Å². The standard InChI is InChI=1S/C19H17N5O2S/c1-2-13-5-3-7-16(9-13)24-27(25,26)19-17-10-15(12-21-18(17)22-23-19)14-6-4-8-20-11-14/h3-12,24H,2H2,1H3,(H,21,22,23). The third kappa shape index (κ3) is 3.39. The van der Waals surface area contributed by atoms with Gasteiger partial charge in [-0.15, -0.1) is 0 Å². The Kier molecular flexibility index (Phi) is 4.33. The van der Waals surface area contributed by atoms with Crippen LogP contribution in [0.15, 0.2) is 66.1 Å². The van der Waals surface area contributed by atoms with Gasteiger partial charge in [-0.25, -0.2) is 4.98 Å². The summed E-state index contributed by atoms with van der Waals surface area (Å²) in [5.41, 5.74) is 3.57. The second-order valence-electron chi connectivity index (χ2n) is 6.05. The van der Waals surface area contributed by atoms with Crippen LogP contribution in [0.3, 0.4) is 0 Å². The molecule has 0 aliphatic rings. The summed E-state index contributed by atoms with van der Waals surface area (Å²) < 4.78 is 28.4. The van der Waals surface area contributed by atoms with Gasteiger partial charge in [-0.2, -0.15) is 13.5 Å². The van der Waals surface area contributed by atoms with Crippen molar-refractivity contribution in [2.45, 2.75) is 18.4 Å². The van der Waals surface area contributed by atoms with E-state index in [0.717, 1.165) is 23.1 Å². The fraction of sp³-hybridized carbons (Fsp3) is 0.105. The molecule has 0 bridgehead atoms. The zero-order chi connectivity index (χ0) is 18.9. The molecule has 4 aromatic rings. The molecule has 0 saturated heterocycles. The molecule has 8 heteroatoms. The second-order valence-corrected chi connectivity index (χ2v) is 7.65. The highest BCUT2D eigenvalue weighted by molar-refractivity contribution is 7.92. The number of rotatable bonds is 5. The highest BCUT2D eigenvalue weighted by Crippen LogP contribution is 2.26. The summed E-state index contributed by atoms with van der Waals surface area (Å²) in [4.78, 5) is 8.38. The Morgan fingerprint density at radius 1 is 1.07 bits per heavy atom. The van der Waals surface area contributed by atoms with Gasteiger partial charge in [-0.05, 0) is 36.2 Å². The molecule has 3 aromatic heterocycles. The van der Waals surface area contributed by atoms with Gasteiger partial charge in [-0.3, -0.25) is 14.8 Å². The molecule has 0 atom stereocenters. The molecule has 0 fully saturated rings. The smallest absolute Gasteiger partial charge is 0.278 e. The number of nitrogens with one attached hydrogen (secondary N) is 2. The van der Waals surface area contributed by atoms with Crippen molar-refractivity contribution in [2.24, 2.45) is 0 Å². The number of nitrogens with zero attached hydrogens (tertiary/aromatic N) is 3. The van der Waals surface area contributed by atoms with Crippen LogP contribution in [0.1, 0.15) is 12.5 Å². The van der Waals surface area contributed by atoms with Crippen molar-refractivity contribution in [2.75, 3.05) is 4.72 Å². The van der Waals surface area contributed by atoms with Crippen molar-refractivity contribution >= 4 is 26.7 Å². The van der Waals surface area contributed by atoms with Gasteiger partial charge in [0, 0.05) is 35.4 Å². The lowest BCUT2D eigenvalue weighted by molar-refractivity contribution is 0.598. The summed E-state index contributed by atoms with van der Waals surface area (Å²) in [6.07, 6.45) is 5.86. The van der Waals surface area contributed by atoms with E-state index in [4.69, 9.17) is 0 Å². The Morgan fingerprint density at radius 3 is 2.74 bits per heavy atom. The molecule has 0 radical (unpaired) electrons. The maximum atomic E-state index is 12.9. The Balaban J connectivity index is 1.76. The van der Waals surface area contributed by atoms with E-state index < -0.39 is 10.0 Å². The van der Waals surface area contributed by atoms with Crippen LogP contribution in [0.5, 0.6) is 0 Å². The molecular weight excluding hydrogens is 362 g/mol. The van der Waals surface area contributed by atoms with Crippen LogP contribution in [0.2, 0.25) is 0 Å². The molecule has 0 unspecified atom stereocenters. The number of sulfonamides is 1. The Morgan fingerprint density at radius 2 is 1.96 bits per heavy atom. The van der Waals surface area contributed by atoms with E-state index in [1.807, 2.05) is 37.3 Å². The van der Waals surface area contributed by atoms with Crippen molar-refractivity contribution in [3.8, 4) is 11.1 Å². The van der Waals surface area contributed by atoms with Crippen LogP contribution in [0, 0.1) is 0 Å². The van der Waals surface area contributed by atoms with Crippen molar-refractivity contribution in [1.29, 1.82) is 0 Å². The zero-order valence-corrected chi connectivity index (χ0v) is 15.4. The van der Waals surface area contributed by atoms with Crippen LogP contribution < -0.4 is 4.72 Å². The quantitative estimate of drug-likeness (QED) is 0.554. The number of aromatic amines is 1. The molecule has 0 amide bonds. The largest absolute Gasteiger partial charge is 0.281 e. The molecule has 7 nitrogen and oxygen atoms in total. The van der Waals surface area contributed by atoms with Gasteiger partial charge in [-0.1, -0.05) is 25.1 Å². The lowest BCUT2D eigenvalue weighted by atomic mass is 10.1. The third-order valence-corrected chi connectivity index (χ3v) is 5.54. The third-order valence-electron chi connectivity index (χ3n) is 4.22. The number of hydrogen-bond donors (Lipinski definition) is 2. The monoisotopic (exact) mass is 379 g/mol. The first-order chi connectivity index (χ1) is 13.1.